The van der Waals surface area contributed by atoms with Crippen LogP contribution in [0.4, 0.5) is 24.5 Å². The van der Waals surface area contributed by atoms with Crippen LogP contribution >= 0.6 is 23.2 Å². The Hall–Kier alpha value is -0.810. The predicted molar refractivity (Wildman–Crippen MR) is 69.5 cm³/mol. The van der Waals surface area contributed by atoms with E-state index in [4.69, 9.17) is 28.9 Å². The Morgan fingerprint density at radius 2 is 1.67 bits per heavy atom. The number of benzene rings is 1. The van der Waals surface area contributed by atoms with Crippen LogP contribution in [-0.2, 0) is 6.18 Å². The zero-order chi connectivity index (χ0) is 13.8. The van der Waals surface area contributed by atoms with Gasteiger partial charge in [-0.15, -0.1) is 23.2 Å². The van der Waals surface area contributed by atoms with Crippen molar-refractivity contribution in [3.8, 4) is 0 Å². The van der Waals surface area contributed by atoms with Gasteiger partial charge in [-0.2, -0.15) is 13.2 Å². The number of hydrogen-bond donors (Lipinski definition) is 1. The lowest BCUT2D eigenvalue weighted by atomic mass is 10.1. The SMILES string of the molecule is Nc1ccc(N(CCCl)CCCl)c(C(F)(F)F)c1. The molecular formula is C11H13Cl2F3N2. The second-order valence-electron chi connectivity index (χ2n) is 3.64. The van der Waals surface area contributed by atoms with Crippen LogP contribution in [0.25, 0.3) is 0 Å². The number of nitrogens with two attached hydrogens (primary N) is 1. The first-order valence-electron chi connectivity index (χ1n) is 5.23. The summed E-state index contributed by atoms with van der Waals surface area (Å²) in [5.74, 6) is 0.442. The Balaban J connectivity index is 3.20. The molecule has 0 aliphatic rings. The Kier molecular flexibility index (Phi) is 5.41. The molecule has 0 spiro atoms. The summed E-state index contributed by atoms with van der Waals surface area (Å²) in [5.41, 5.74) is 4.76. The third kappa shape index (κ3) is 3.85. The van der Waals surface area contributed by atoms with E-state index in [2.05, 4.69) is 0 Å². The number of alkyl halides is 5. The van der Waals surface area contributed by atoms with Gasteiger partial charge >= 0.3 is 6.18 Å². The minimum absolute atomic E-state index is 0.0537. The van der Waals surface area contributed by atoms with Crippen LogP contribution < -0.4 is 10.6 Å². The fraction of sp³-hybridized carbons (Fsp3) is 0.455. The van der Waals surface area contributed by atoms with Gasteiger partial charge in [0.2, 0.25) is 0 Å². The Morgan fingerprint density at radius 1 is 1.11 bits per heavy atom. The molecule has 0 fully saturated rings. The van der Waals surface area contributed by atoms with Gasteiger partial charge in [-0.1, -0.05) is 0 Å². The van der Waals surface area contributed by atoms with Crippen molar-refractivity contribution in [1.29, 1.82) is 0 Å². The molecule has 0 unspecified atom stereocenters. The van der Waals surface area contributed by atoms with E-state index in [9.17, 15) is 13.2 Å². The van der Waals surface area contributed by atoms with Crippen molar-refractivity contribution in [2.75, 3.05) is 35.5 Å². The lowest BCUT2D eigenvalue weighted by molar-refractivity contribution is -0.137. The Bertz CT molecular complexity index is 390. The molecule has 2 N–H and O–H groups in total. The lowest BCUT2D eigenvalue weighted by Crippen LogP contribution is -2.29. The van der Waals surface area contributed by atoms with Crippen molar-refractivity contribution in [2.45, 2.75) is 6.18 Å². The third-order valence-corrected chi connectivity index (χ3v) is 2.71. The maximum atomic E-state index is 12.9. The Labute approximate surface area is 113 Å². The molecule has 0 radical (unpaired) electrons. The molecular weight excluding hydrogens is 288 g/mol. The van der Waals surface area contributed by atoms with Gasteiger partial charge in [-0.3, -0.25) is 0 Å². The first-order chi connectivity index (χ1) is 8.40. The van der Waals surface area contributed by atoms with E-state index in [0.29, 0.717) is 13.1 Å². The number of nitrogen functional groups attached to an aromatic ring is 1. The van der Waals surface area contributed by atoms with Gasteiger partial charge in [0.05, 0.1) is 5.56 Å². The van der Waals surface area contributed by atoms with Crippen LogP contribution in [0.15, 0.2) is 18.2 Å². The van der Waals surface area contributed by atoms with Crippen LogP contribution in [0.2, 0.25) is 0 Å². The van der Waals surface area contributed by atoms with Gasteiger partial charge in [0.15, 0.2) is 0 Å². The van der Waals surface area contributed by atoms with Gasteiger partial charge in [0.25, 0.3) is 0 Å². The highest BCUT2D eigenvalue weighted by molar-refractivity contribution is 6.18. The van der Waals surface area contributed by atoms with Crippen molar-refractivity contribution in [3.63, 3.8) is 0 Å². The maximum Gasteiger partial charge on any atom is 0.418 e. The monoisotopic (exact) mass is 300 g/mol. The van der Waals surface area contributed by atoms with Crippen molar-refractivity contribution >= 4 is 34.6 Å². The molecule has 0 amide bonds. The highest BCUT2D eigenvalue weighted by Gasteiger charge is 2.35. The second kappa shape index (κ2) is 6.38. The number of nitrogens with zero attached hydrogens (tertiary/aromatic N) is 1. The first kappa shape index (κ1) is 15.2. The molecule has 1 rings (SSSR count). The normalized spacial score (nSPS) is 11.6. The van der Waals surface area contributed by atoms with E-state index in [0.717, 1.165) is 6.07 Å². The quantitative estimate of drug-likeness (QED) is 0.665. The van der Waals surface area contributed by atoms with E-state index in [-0.39, 0.29) is 23.1 Å². The zero-order valence-corrected chi connectivity index (χ0v) is 11.0. The molecule has 2 nitrogen and oxygen atoms in total. The van der Waals surface area contributed by atoms with Crippen LogP contribution in [-0.4, -0.2) is 24.8 Å². The molecule has 1 aromatic carbocycles. The number of anilines is 2. The number of halogens is 5. The molecule has 18 heavy (non-hydrogen) atoms. The van der Waals surface area contributed by atoms with E-state index in [1.807, 2.05) is 0 Å². The summed E-state index contributed by atoms with van der Waals surface area (Å²) in [5, 5.41) is 0. The zero-order valence-electron chi connectivity index (χ0n) is 9.47. The van der Waals surface area contributed by atoms with E-state index in [1.54, 1.807) is 0 Å². The maximum absolute atomic E-state index is 12.9. The van der Waals surface area contributed by atoms with Gasteiger partial charge in [-0.25, -0.2) is 0 Å². The molecule has 102 valence electrons. The number of rotatable bonds is 5. The molecule has 0 bridgehead atoms. The molecule has 0 heterocycles. The molecule has 7 heteroatoms. The van der Waals surface area contributed by atoms with Crippen LogP contribution in [0, 0.1) is 0 Å². The first-order valence-corrected chi connectivity index (χ1v) is 6.30. The average Bonchev–Trinajstić information content (AvgIpc) is 2.27. The van der Waals surface area contributed by atoms with Gasteiger partial charge < -0.3 is 10.6 Å². The topological polar surface area (TPSA) is 29.3 Å². The summed E-state index contributed by atoms with van der Waals surface area (Å²) in [6.07, 6.45) is -4.46. The standard InChI is InChI=1S/C11H13Cl2F3N2/c12-3-5-18(6-4-13)10-2-1-8(17)7-9(10)11(14,15)16/h1-2,7H,3-6,17H2. The summed E-state index contributed by atoms with van der Waals surface area (Å²) in [6.45, 7) is 0.586. The highest BCUT2D eigenvalue weighted by Crippen LogP contribution is 2.37. The summed E-state index contributed by atoms with van der Waals surface area (Å²) in [4.78, 5) is 1.50. The van der Waals surface area contributed by atoms with Gasteiger partial charge in [-0.05, 0) is 18.2 Å². The highest BCUT2D eigenvalue weighted by atomic mass is 35.5. The minimum atomic E-state index is -4.46. The molecule has 0 aliphatic carbocycles. The molecule has 1 aromatic rings. The van der Waals surface area contributed by atoms with Crippen LogP contribution in [0.5, 0.6) is 0 Å². The second-order valence-corrected chi connectivity index (χ2v) is 4.40. The van der Waals surface area contributed by atoms with E-state index >= 15 is 0 Å². The van der Waals surface area contributed by atoms with Crippen molar-refractivity contribution in [1.82, 2.24) is 0 Å². The largest absolute Gasteiger partial charge is 0.418 e. The van der Waals surface area contributed by atoms with Gasteiger partial charge in [0, 0.05) is 36.2 Å². The lowest BCUT2D eigenvalue weighted by Gasteiger charge is -2.26. The smallest absolute Gasteiger partial charge is 0.399 e. The summed E-state index contributed by atoms with van der Waals surface area (Å²) < 4.78 is 38.8. The van der Waals surface area contributed by atoms with E-state index in [1.165, 1.54) is 17.0 Å². The van der Waals surface area contributed by atoms with Crippen molar-refractivity contribution in [3.05, 3.63) is 23.8 Å². The average molecular weight is 301 g/mol. The van der Waals surface area contributed by atoms with E-state index < -0.39 is 11.7 Å². The molecule has 0 aliphatic heterocycles. The fourth-order valence-electron chi connectivity index (χ4n) is 1.61. The molecule has 0 atom stereocenters. The molecule has 0 saturated heterocycles. The summed E-state index contributed by atoms with van der Waals surface area (Å²) >= 11 is 11.2. The summed E-state index contributed by atoms with van der Waals surface area (Å²) in [7, 11) is 0. The van der Waals surface area contributed by atoms with Crippen molar-refractivity contribution in [2.24, 2.45) is 0 Å². The predicted octanol–water partition coefficient (Wildman–Crippen LogP) is 3.57. The minimum Gasteiger partial charge on any atom is -0.399 e. The Morgan fingerprint density at radius 3 is 2.11 bits per heavy atom. The molecule has 0 aromatic heterocycles. The van der Waals surface area contributed by atoms with Crippen LogP contribution in [0.3, 0.4) is 0 Å². The van der Waals surface area contributed by atoms with Gasteiger partial charge in [0.1, 0.15) is 0 Å². The van der Waals surface area contributed by atoms with Crippen LogP contribution in [0.1, 0.15) is 5.56 Å². The fourth-order valence-corrected chi connectivity index (χ4v) is 2.02. The number of hydrogen-bond acceptors (Lipinski definition) is 2. The summed E-state index contributed by atoms with van der Waals surface area (Å²) in [6, 6.07) is 3.70. The third-order valence-electron chi connectivity index (χ3n) is 2.38. The van der Waals surface area contributed by atoms with Crippen molar-refractivity contribution < 1.29 is 13.2 Å². The molecule has 0 saturated carbocycles.